The molecule has 0 N–H and O–H groups in total. The van der Waals surface area contributed by atoms with Crippen LogP contribution >= 0.6 is 0 Å². The van der Waals surface area contributed by atoms with Crippen molar-refractivity contribution in [2.45, 2.75) is 26.2 Å². The second-order valence-electron chi connectivity index (χ2n) is 6.25. The molecule has 1 aliphatic carbocycles. The highest BCUT2D eigenvalue weighted by atomic mass is 19.3. The molecule has 1 saturated carbocycles. The third-order valence-electron chi connectivity index (χ3n) is 4.28. The molecule has 5 heteroatoms. The van der Waals surface area contributed by atoms with Gasteiger partial charge in [0.25, 0.3) is 6.43 Å². The lowest BCUT2D eigenvalue weighted by Crippen LogP contribution is -2.29. The Morgan fingerprint density at radius 1 is 1.29 bits per heavy atom. The van der Waals surface area contributed by atoms with Crippen LogP contribution in [0, 0.1) is 11.7 Å². The van der Waals surface area contributed by atoms with Crippen molar-refractivity contribution in [1.29, 1.82) is 0 Å². The topological polar surface area (TPSA) is 12.5 Å². The molecule has 3 rings (SSSR count). The molecule has 2 nitrogen and oxygen atoms in total. The summed E-state index contributed by atoms with van der Waals surface area (Å²) in [6.45, 7) is 5.71. The molecule has 1 aromatic rings. The summed E-state index contributed by atoms with van der Waals surface area (Å²) >= 11 is 0. The maximum atomic E-state index is 14.5. The Morgan fingerprint density at radius 2 is 2.04 bits per heavy atom. The van der Waals surface area contributed by atoms with E-state index < -0.39 is 18.8 Å². The van der Waals surface area contributed by atoms with Crippen molar-refractivity contribution in [3.63, 3.8) is 0 Å². The molecule has 24 heavy (non-hydrogen) atoms. The van der Waals surface area contributed by atoms with Crippen LogP contribution in [-0.4, -0.2) is 24.5 Å². The first-order valence-electron chi connectivity index (χ1n) is 8.02. The van der Waals surface area contributed by atoms with Gasteiger partial charge in [-0.2, -0.15) is 0 Å². The molecule has 0 unspecified atom stereocenters. The predicted octanol–water partition coefficient (Wildman–Crippen LogP) is 5.00. The van der Waals surface area contributed by atoms with E-state index >= 15 is 0 Å². The van der Waals surface area contributed by atoms with E-state index in [4.69, 9.17) is 4.74 Å². The summed E-state index contributed by atoms with van der Waals surface area (Å²) in [6, 6.07) is 4.56. The number of alkyl halides is 2. The Labute approximate surface area is 139 Å². The van der Waals surface area contributed by atoms with Crippen LogP contribution in [0.4, 0.5) is 13.2 Å². The molecule has 128 valence electrons. The second-order valence-corrected chi connectivity index (χ2v) is 6.25. The minimum Gasteiger partial charge on any atom is -0.493 e. The molecule has 0 aromatic heterocycles. The molecule has 1 aromatic carbocycles. The monoisotopic (exact) mass is 335 g/mol. The molecule has 0 amide bonds. The Hall–Kier alpha value is -2.17. The average molecular weight is 335 g/mol. The zero-order chi connectivity index (χ0) is 17.3. The molecule has 0 atom stereocenters. The molecule has 1 heterocycles. The van der Waals surface area contributed by atoms with Gasteiger partial charge in [0, 0.05) is 17.3 Å². The van der Waals surface area contributed by atoms with Crippen molar-refractivity contribution in [2.75, 3.05) is 13.2 Å². The largest absolute Gasteiger partial charge is 0.493 e. The molecule has 0 saturated heterocycles. The zero-order valence-corrected chi connectivity index (χ0v) is 13.6. The fraction of sp³-hybridized carbons (Fsp3) is 0.368. The van der Waals surface area contributed by atoms with Crippen LogP contribution in [0.1, 0.15) is 25.3 Å². The van der Waals surface area contributed by atoms with Gasteiger partial charge in [0.1, 0.15) is 11.6 Å². The number of rotatable bonds is 6. The first-order valence-corrected chi connectivity index (χ1v) is 8.02. The Bertz CT molecular complexity index is 705. The van der Waals surface area contributed by atoms with E-state index in [1.807, 2.05) is 0 Å². The molecular weight excluding hydrogens is 315 g/mol. The normalized spacial score (nSPS) is 17.9. The van der Waals surface area contributed by atoms with E-state index in [-0.39, 0.29) is 5.56 Å². The first kappa shape index (κ1) is 16.7. The van der Waals surface area contributed by atoms with Crippen molar-refractivity contribution < 1.29 is 17.9 Å². The van der Waals surface area contributed by atoms with Crippen LogP contribution in [0.2, 0.25) is 0 Å². The van der Waals surface area contributed by atoms with Gasteiger partial charge >= 0.3 is 0 Å². The lowest BCUT2D eigenvalue weighted by molar-refractivity contribution is 0.123. The van der Waals surface area contributed by atoms with Crippen molar-refractivity contribution in [3.8, 4) is 5.75 Å². The van der Waals surface area contributed by atoms with Gasteiger partial charge in [-0.15, -0.1) is 0 Å². The molecule has 0 spiro atoms. The number of hydrogen-bond donors (Lipinski definition) is 0. The summed E-state index contributed by atoms with van der Waals surface area (Å²) in [5.74, 6) is 0.548. The molecule has 1 fully saturated rings. The van der Waals surface area contributed by atoms with E-state index in [9.17, 15) is 13.2 Å². The van der Waals surface area contributed by atoms with Gasteiger partial charge in [0.05, 0.1) is 18.8 Å². The van der Waals surface area contributed by atoms with Crippen molar-refractivity contribution >= 4 is 5.70 Å². The molecule has 2 aliphatic rings. The minimum atomic E-state index is -2.54. The zero-order valence-electron chi connectivity index (χ0n) is 13.6. The fourth-order valence-electron chi connectivity index (χ4n) is 2.62. The van der Waals surface area contributed by atoms with Crippen molar-refractivity contribution in [2.24, 2.45) is 5.92 Å². The smallest absolute Gasteiger partial charge is 0.256 e. The third-order valence-corrected chi connectivity index (χ3v) is 4.28. The minimum absolute atomic E-state index is 0.263. The summed E-state index contributed by atoms with van der Waals surface area (Å²) in [6.07, 6.45) is 3.18. The quantitative estimate of drug-likeness (QED) is 0.726. The van der Waals surface area contributed by atoms with Gasteiger partial charge in [-0.25, -0.2) is 13.2 Å². The number of ether oxygens (including phenoxy) is 1. The van der Waals surface area contributed by atoms with Gasteiger partial charge in [-0.05, 0) is 49.5 Å². The fourth-order valence-corrected chi connectivity index (χ4v) is 2.62. The number of allylic oxidation sites excluding steroid dienone is 3. The van der Waals surface area contributed by atoms with Gasteiger partial charge in [0.2, 0.25) is 0 Å². The average Bonchev–Trinajstić information content (AvgIpc) is 3.35. The van der Waals surface area contributed by atoms with Gasteiger partial charge in [-0.1, -0.05) is 12.7 Å². The Balaban J connectivity index is 1.85. The molecular formula is C19H20F3NO. The van der Waals surface area contributed by atoms with Crippen LogP contribution in [0.15, 0.2) is 48.2 Å². The van der Waals surface area contributed by atoms with Crippen molar-refractivity contribution in [3.05, 3.63) is 59.6 Å². The number of hydrogen-bond acceptors (Lipinski definition) is 2. The second kappa shape index (κ2) is 6.75. The molecule has 0 radical (unpaired) electrons. The highest BCUT2D eigenvalue weighted by Crippen LogP contribution is 2.34. The number of halogens is 3. The highest BCUT2D eigenvalue weighted by molar-refractivity contribution is 5.71. The summed E-state index contributed by atoms with van der Waals surface area (Å²) in [5, 5.41) is 0. The van der Waals surface area contributed by atoms with Crippen LogP contribution < -0.4 is 4.74 Å². The maximum absolute atomic E-state index is 14.5. The van der Waals surface area contributed by atoms with Gasteiger partial charge in [-0.3, -0.25) is 0 Å². The maximum Gasteiger partial charge on any atom is 0.256 e. The van der Waals surface area contributed by atoms with E-state index in [0.29, 0.717) is 29.7 Å². The Morgan fingerprint density at radius 3 is 2.67 bits per heavy atom. The lowest BCUT2D eigenvalue weighted by Gasteiger charge is -2.32. The predicted molar refractivity (Wildman–Crippen MR) is 88.2 cm³/mol. The van der Waals surface area contributed by atoms with Gasteiger partial charge < -0.3 is 9.64 Å². The van der Waals surface area contributed by atoms with Crippen LogP contribution in [0.3, 0.4) is 0 Å². The first-order chi connectivity index (χ1) is 11.5. The van der Waals surface area contributed by atoms with Crippen LogP contribution in [0.25, 0.3) is 5.70 Å². The van der Waals surface area contributed by atoms with Gasteiger partial charge in [0.15, 0.2) is 0 Å². The van der Waals surface area contributed by atoms with Crippen LogP contribution in [0.5, 0.6) is 5.75 Å². The van der Waals surface area contributed by atoms with Crippen molar-refractivity contribution in [1.82, 2.24) is 4.90 Å². The SMILES string of the molecule is C=C1C(C)=CC=C(c2ccc(OCC3CC3)cc2F)N1CC(F)F. The lowest BCUT2D eigenvalue weighted by atomic mass is 10.0. The summed E-state index contributed by atoms with van der Waals surface area (Å²) in [5.41, 5.74) is 1.89. The van der Waals surface area contributed by atoms with Crippen LogP contribution in [-0.2, 0) is 0 Å². The van der Waals surface area contributed by atoms with E-state index in [2.05, 4.69) is 6.58 Å². The summed E-state index contributed by atoms with van der Waals surface area (Å²) in [4.78, 5) is 1.36. The summed E-state index contributed by atoms with van der Waals surface area (Å²) < 4.78 is 45.9. The molecule has 1 aliphatic heterocycles. The Kier molecular flexibility index (Phi) is 4.69. The number of benzene rings is 1. The van der Waals surface area contributed by atoms with E-state index in [1.165, 1.54) is 11.0 Å². The third kappa shape index (κ3) is 3.66. The summed E-state index contributed by atoms with van der Waals surface area (Å²) in [7, 11) is 0. The number of nitrogens with zero attached hydrogens (tertiary/aromatic N) is 1. The standard InChI is InChI=1S/C19H20F3NO/c1-12-3-8-18(23(13(12)2)10-19(21)22)16-7-6-15(9-17(16)20)24-11-14-4-5-14/h3,6-9,14,19H,2,4-5,10-11H2,1H3. The van der Waals surface area contributed by atoms with E-state index in [1.54, 1.807) is 31.2 Å². The molecule has 0 bridgehead atoms. The van der Waals surface area contributed by atoms with E-state index in [0.717, 1.165) is 18.4 Å². The highest BCUT2D eigenvalue weighted by Gasteiger charge is 2.25.